The van der Waals surface area contributed by atoms with Crippen LogP contribution in [0.15, 0.2) is 41.0 Å². The molecule has 0 radical (unpaired) electrons. The number of phenolic OH excluding ortho intramolecular Hbond substituents is 1. The minimum atomic E-state index is -0.386. The summed E-state index contributed by atoms with van der Waals surface area (Å²) >= 11 is 3.27. The lowest BCUT2D eigenvalue weighted by molar-refractivity contribution is 0.102. The molecule has 1 heterocycles. The maximum Gasteiger partial charge on any atom is 0.259 e. The number of carbonyl (C=O) groups excluding carboxylic acids is 1. The molecule has 2 rings (SSSR count). The van der Waals surface area contributed by atoms with Gasteiger partial charge in [-0.15, -0.1) is 0 Å². The first-order chi connectivity index (χ1) is 9.47. The van der Waals surface area contributed by atoms with E-state index in [2.05, 4.69) is 26.2 Å². The highest BCUT2D eigenvalue weighted by molar-refractivity contribution is 9.10. The van der Waals surface area contributed by atoms with E-state index >= 15 is 0 Å². The number of benzene rings is 1. The van der Waals surface area contributed by atoms with E-state index in [9.17, 15) is 9.90 Å². The number of aromatic hydroxyl groups is 1. The van der Waals surface area contributed by atoms with Crippen LogP contribution in [0.25, 0.3) is 0 Å². The Kier molecular flexibility index (Phi) is 4.24. The number of nitrogens with one attached hydrogen (secondary N) is 1. The minimum Gasteiger partial charge on any atom is -0.507 e. The van der Waals surface area contributed by atoms with Gasteiger partial charge < -0.3 is 15.3 Å². The van der Waals surface area contributed by atoms with E-state index in [4.69, 9.17) is 0 Å². The Balaban J connectivity index is 2.17. The van der Waals surface area contributed by atoms with E-state index in [0.717, 1.165) is 10.3 Å². The molecule has 1 aromatic carbocycles. The Morgan fingerprint density at radius 1 is 1.30 bits per heavy atom. The van der Waals surface area contributed by atoms with Crippen molar-refractivity contribution in [1.82, 2.24) is 4.98 Å². The van der Waals surface area contributed by atoms with E-state index in [1.165, 1.54) is 6.07 Å². The number of amides is 1. The smallest absolute Gasteiger partial charge is 0.259 e. The average Bonchev–Trinajstić information content (AvgIpc) is 2.42. The van der Waals surface area contributed by atoms with Gasteiger partial charge in [-0.05, 0) is 30.3 Å². The Morgan fingerprint density at radius 2 is 2.05 bits per heavy atom. The normalized spacial score (nSPS) is 10.2. The van der Waals surface area contributed by atoms with E-state index in [-0.39, 0.29) is 17.2 Å². The molecule has 0 unspecified atom stereocenters. The molecule has 0 fully saturated rings. The molecule has 2 N–H and O–H groups in total. The number of hydrogen-bond acceptors (Lipinski definition) is 4. The first-order valence-corrected chi connectivity index (χ1v) is 6.70. The summed E-state index contributed by atoms with van der Waals surface area (Å²) in [5.74, 6) is 0.347. The number of rotatable bonds is 3. The van der Waals surface area contributed by atoms with Crippen LogP contribution >= 0.6 is 15.9 Å². The Bertz CT molecular complexity index is 627. The second-order valence-electron chi connectivity index (χ2n) is 4.42. The second kappa shape index (κ2) is 5.92. The van der Waals surface area contributed by atoms with E-state index in [1.807, 2.05) is 19.0 Å². The molecule has 6 heteroatoms. The molecular weight excluding hydrogens is 322 g/mol. The van der Waals surface area contributed by atoms with Gasteiger partial charge in [-0.25, -0.2) is 4.98 Å². The van der Waals surface area contributed by atoms with Crippen LogP contribution in [0.1, 0.15) is 10.4 Å². The predicted octanol–water partition coefficient (Wildman–Crippen LogP) is 2.87. The molecule has 104 valence electrons. The highest BCUT2D eigenvalue weighted by atomic mass is 79.9. The Hall–Kier alpha value is -2.08. The number of aromatic nitrogens is 1. The van der Waals surface area contributed by atoms with Gasteiger partial charge in [0.1, 0.15) is 11.6 Å². The highest BCUT2D eigenvalue weighted by Gasteiger charge is 2.12. The van der Waals surface area contributed by atoms with Crippen LogP contribution in [0.2, 0.25) is 0 Å². The number of halogens is 1. The molecule has 5 nitrogen and oxygen atoms in total. The first kappa shape index (κ1) is 14.3. The van der Waals surface area contributed by atoms with E-state index in [1.54, 1.807) is 30.5 Å². The molecule has 0 saturated carbocycles. The quantitative estimate of drug-likeness (QED) is 0.905. The molecule has 0 aliphatic rings. The van der Waals surface area contributed by atoms with Crippen LogP contribution in [0, 0.1) is 0 Å². The van der Waals surface area contributed by atoms with Crippen molar-refractivity contribution in [2.45, 2.75) is 0 Å². The molecule has 0 atom stereocenters. The summed E-state index contributed by atoms with van der Waals surface area (Å²) in [6.45, 7) is 0. The maximum atomic E-state index is 12.1. The number of hydrogen-bond donors (Lipinski definition) is 2. The van der Waals surface area contributed by atoms with Crippen LogP contribution < -0.4 is 10.2 Å². The third-order valence-electron chi connectivity index (χ3n) is 2.67. The number of pyridine rings is 1. The number of phenols is 1. The third kappa shape index (κ3) is 3.27. The molecule has 1 aromatic heterocycles. The molecule has 0 bridgehead atoms. The molecule has 0 spiro atoms. The summed E-state index contributed by atoms with van der Waals surface area (Å²) in [5, 5.41) is 12.4. The number of nitrogens with zero attached hydrogens (tertiary/aromatic N) is 2. The highest BCUT2D eigenvalue weighted by Crippen LogP contribution is 2.23. The zero-order valence-electron chi connectivity index (χ0n) is 11.1. The van der Waals surface area contributed by atoms with Crippen LogP contribution in [-0.4, -0.2) is 30.1 Å². The van der Waals surface area contributed by atoms with Gasteiger partial charge in [0.15, 0.2) is 0 Å². The second-order valence-corrected chi connectivity index (χ2v) is 5.33. The molecular formula is C14H14BrN3O2. The maximum absolute atomic E-state index is 12.1. The monoisotopic (exact) mass is 335 g/mol. The van der Waals surface area contributed by atoms with Gasteiger partial charge in [0.25, 0.3) is 5.91 Å². The molecule has 1 amide bonds. The van der Waals surface area contributed by atoms with Crippen molar-refractivity contribution in [1.29, 1.82) is 0 Å². The van der Waals surface area contributed by atoms with Crippen molar-refractivity contribution in [3.63, 3.8) is 0 Å². The van der Waals surface area contributed by atoms with Crippen LogP contribution in [-0.2, 0) is 0 Å². The largest absolute Gasteiger partial charge is 0.507 e. The Labute approximate surface area is 125 Å². The summed E-state index contributed by atoms with van der Waals surface area (Å²) in [6.07, 6.45) is 1.57. The van der Waals surface area contributed by atoms with Crippen molar-refractivity contribution in [2.75, 3.05) is 24.3 Å². The molecule has 0 aliphatic heterocycles. The molecule has 2 aromatic rings. The summed E-state index contributed by atoms with van der Waals surface area (Å²) < 4.78 is 0.724. The lowest BCUT2D eigenvalue weighted by Gasteiger charge is -2.12. The lowest BCUT2D eigenvalue weighted by Crippen LogP contribution is -2.14. The summed E-state index contributed by atoms with van der Waals surface area (Å²) in [5.41, 5.74) is 0.774. The summed E-state index contributed by atoms with van der Waals surface area (Å²) in [4.78, 5) is 18.1. The molecule has 0 saturated heterocycles. The van der Waals surface area contributed by atoms with E-state index < -0.39 is 0 Å². The fraction of sp³-hybridized carbons (Fsp3) is 0.143. The van der Waals surface area contributed by atoms with Crippen molar-refractivity contribution in [2.24, 2.45) is 0 Å². The van der Waals surface area contributed by atoms with Crippen LogP contribution in [0.3, 0.4) is 0 Å². The van der Waals surface area contributed by atoms with Gasteiger partial charge in [-0.3, -0.25) is 4.79 Å². The third-order valence-corrected chi connectivity index (χ3v) is 3.16. The van der Waals surface area contributed by atoms with Crippen molar-refractivity contribution in [3.05, 3.63) is 46.6 Å². The number of carbonyl (C=O) groups is 1. The average molecular weight is 336 g/mol. The minimum absolute atomic E-state index is 0.0661. The molecule has 20 heavy (non-hydrogen) atoms. The van der Waals surface area contributed by atoms with Gasteiger partial charge >= 0.3 is 0 Å². The fourth-order valence-corrected chi connectivity index (χ4v) is 1.97. The standard InChI is InChI=1S/C14H14BrN3O2/c1-18(2)13-6-4-10(8-16-13)17-14(20)11-7-9(15)3-5-12(11)19/h3-8,19H,1-2H3,(H,17,20). The van der Waals surface area contributed by atoms with Crippen molar-refractivity contribution < 1.29 is 9.90 Å². The summed E-state index contributed by atoms with van der Waals surface area (Å²) in [7, 11) is 3.78. The zero-order chi connectivity index (χ0) is 14.7. The Morgan fingerprint density at radius 3 is 2.65 bits per heavy atom. The number of anilines is 2. The van der Waals surface area contributed by atoms with Crippen LogP contribution in [0.4, 0.5) is 11.5 Å². The zero-order valence-corrected chi connectivity index (χ0v) is 12.7. The van der Waals surface area contributed by atoms with Gasteiger partial charge in [0, 0.05) is 18.6 Å². The first-order valence-electron chi connectivity index (χ1n) is 5.90. The van der Waals surface area contributed by atoms with Crippen LogP contribution in [0.5, 0.6) is 5.75 Å². The summed E-state index contributed by atoms with van der Waals surface area (Å²) in [6, 6.07) is 8.25. The lowest BCUT2D eigenvalue weighted by atomic mass is 10.2. The predicted molar refractivity (Wildman–Crippen MR) is 82.3 cm³/mol. The van der Waals surface area contributed by atoms with Gasteiger partial charge in [0.05, 0.1) is 17.4 Å². The topological polar surface area (TPSA) is 65.5 Å². The van der Waals surface area contributed by atoms with Crippen molar-refractivity contribution in [3.8, 4) is 5.75 Å². The molecule has 0 aliphatic carbocycles. The van der Waals surface area contributed by atoms with Gasteiger partial charge in [0.2, 0.25) is 0 Å². The van der Waals surface area contributed by atoms with E-state index in [0.29, 0.717) is 5.69 Å². The fourth-order valence-electron chi connectivity index (χ4n) is 1.61. The van der Waals surface area contributed by atoms with Gasteiger partial charge in [-0.2, -0.15) is 0 Å². The SMILES string of the molecule is CN(C)c1ccc(NC(=O)c2cc(Br)ccc2O)cn1. The van der Waals surface area contributed by atoms with Gasteiger partial charge in [-0.1, -0.05) is 15.9 Å². The van der Waals surface area contributed by atoms with Crippen molar-refractivity contribution >= 4 is 33.3 Å².